The van der Waals surface area contributed by atoms with E-state index in [1.165, 1.54) is 24.3 Å². The van der Waals surface area contributed by atoms with Gasteiger partial charge in [0.25, 0.3) is 5.91 Å². The summed E-state index contributed by atoms with van der Waals surface area (Å²) in [7, 11) is 1.60. The fourth-order valence-corrected chi connectivity index (χ4v) is 8.07. The third kappa shape index (κ3) is 13.4. The number of hydrogen-bond acceptors (Lipinski definition) is 12. The number of pyridine rings is 1. The number of carbonyl (C=O) groups is 4. The topological polar surface area (TPSA) is 202 Å². The molecule has 4 amide bonds. The smallest absolute Gasteiger partial charge is 0.407 e. The van der Waals surface area contributed by atoms with E-state index < -0.39 is 115 Å². The van der Waals surface area contributed by atoms with Crippen molar-refractivity contribution >= 4 is 29.8 Å². The largest absolute Gasteiger partial charge is 0.453 e. The van der Waals surface area contributed by atoms with Crippen molar-refractivity contribution in [2.24, 2.45) is 16.2 Å². The quantitative estimate of drug-likeness (QED) is 0.0418. The maximum atomic E-state index is 16.0. The number of aromatic nitrogens is 3. The second kappa shape index (κ2) is 23.0. The van der Waals surface area contributed by atoms with Gasteiger partial charge in [-0.05, 0) is 81.6 Å². The molecule has 6 rings (SSSR count). The third-order valence-corrected chi connectivity index (χ3v) is 13.1. The molecule has 0 aliphatic carbocycles. The number of nitrogens with zero attached hydrogens (tertiary/aromatic N) is 5. The molecule has 2 saturated heterocycles. The van der Waals surface area contributed by atoms with Crippen molar-refractivity contribution < 1.29 is 82.4 Å². The van der Waals surface area contributed by atoms with Crippen molar-refractivity contribution in [2.75, 3.05) is 52.0 Å². The summed E-state index contributed by atoms with van der Waals surface area (Å²) in [5.74, 6) is 0.666. The van der Waals surface area contributed by atoms with Gasteiger partial charge in [0.1, 0.15) is 29.5 Å². The van der Waals surface area contributed by atoms with Gasteiger partial charge in [-0.3, -0.25) is 15.0 Å². The standard InChI is InChI=1S/C49H53F10N9O8/c1-45(2,48(54,55)56)38(63-43(72)74-5)40(70)62-35(15-28-10-7-27(8-11-28)9-12-29-13-14-37(60-18-29)66-23-47(24-66)25-76-26-47)36(69)22-67(65-41(71)39(64-44(73)75-6)46(3,4)49(57,58)59)21-32-33(50)16-30(17-34(32)51)31-19-61-68(20-31)42(52)53/h7-8,10-11,13-14,16-20,35-36,38-39,42,69H,15,21-26H2,1-6H3,(H,62,70)(H,63,72)(H,64,73)(H,65,71)/t35-,36-,38+,39+/m0/s1. The summed E-state index contributed by atoms with van der Waals surface area (Å²) in [4.78, 5) is 59.3. The van der Waals surface area contributed by atoms with E-state index in [4.69, 9.17) is 4.74 Å². The molecule has 0 radical (unpaired) electrons. The van der Waals surface area contributed by atoms with Crippen LogP contribution in [0.5, 0.6) is 0 Å². The zero-order valence-corrected chi connectivity index (χ0v) is 41.5. The molecule has 1 spiro atoms. The van der Waals surface area contributed by atoms with Gasteiger partial charge >= 0.3 is 31.1 Å². The average Bonchev–Trinajstić information content (AvgIpc) is 3.83. The minimum absolute atomic E-state index is 0.173. The van der Waals surface area contributed by atoms with Crippen molar-refractivity contribution in [2.45, 2.75) is 83.8 Å². The van der Waals surface area contributed by atoms with Crippen LogP contribution in [0, 0.1) is 39.7 Å². The summed E-state index contributed by atoms with van der Waals surface area (Å²) in [5.41, 5.74) is -4.08. The summed E-state index contributed by atoms with van der Waals surface area (Å²) in [6, 6.07) is 4.20. The Kier molecular flexibility index (Phi) is 17.6. The van der Waals surface area contributed by atoms with Gasteiger partial charge in [-0.15, -0.1) is 0 Å². The molecule has 4 atom stereocenters. The Morgan fingerprint density at radius 3 is 1.80 bits per heavy atom. The van der Waals surface area contributed by atoms with E-state index in [1.54, 1.807) is 17.6 Å². The first kappa shape index (κ1) is 58.1. The highest BCUT2D eigenvalue weighted by atomic mass is 19.4. The van der Waals surface area contributed by atoms with Crippen LogP contribution in [-0.4, -0.2) is 133 Å². The van der Waals surface area contributed by atoms with Crippen LogP contribution >= 0.6 is 0 Å². The fourth-order valence-electron chi connectivity index (χ4n) is 8.07. The van der Waals surface area contributed by atoms with Crippen molar-refractivity contribution in [1.29, 1.82) is 0 Å². The van der Waals surface area contributed by atoms with Gasteiger partial charge in [-0.25, -0.2) is 33.0 Å². The van der Waals surface area contributed by atoms with Crippen molar-refractivity contribution in [3.05, 3.63) is 101 Å². The number of methoxy groups -OCH3 is 2. The average molecular weight is 1090 g/mol. The minimum atomic E-state index is -5.23. The lowest BCUT2D eigenvalue weighted by Crippen LogP contribution is -2.66. The van der Waals surface area contributed by atoms with Crippen LogP contribution in [-0.2, 0) is 36.8 Å². The minimum Gasteiger partial charge on any atom is -0.453 e. The van der Waals surface area contributed by atoms with Gasteiger partial charge in [-0.2, -0.15) is 40.2 Å². The predicted octanol–water partition coefficient (Wildman–Crippen LogP) is 6.40. The maximum absolute atomic E-state index is 16.0. The van der Waals surface area contributed by atoms with E-state index in [1.807, 2.05) is 16.8 Å². The zero-order chi connectivity index (χ0) is 56.1. The first-order valence-corrected chi connectivity index (χ1v) is 23.0. The Hall–Kier alpha value is -7.18. The van der Waals surface area contributed by atoms with E-state index in [0.29, 0.717) is 69.2 Å². The molecule has 2 aliphatic rings. The molecule has 412 valence electrons. The summed E-state index contributed by atoms with van der Waals surface area (Å²) in [6.07, 6.45) is -12.8. The highest BCUT2D eigenvalue weighted by Crippen LogP contribution is 2.42. The Morgan fingerprint density at radius 1 is 0.789 bits per heavy atom. The number of halogens is 10. The third-order valence-electron chi connectivity index (χ3n) is 13.1. The number of alkyl carbamates (subject to hydrolysis) is 2. The van der Waals surface area contributed by atoms with E-state index in [2.05, 4.69) is 41.6 Å². The molecule has 0 bridgehead atoms. The Balaban J connectivity index is 1.34. The van der Waals surface area contributed by atoms with E-state index >= 15 is 8.78 Å². The number of anilines is 1. The Labute approximate surface area is 428 Å². The van der Waals surface area contributed by atoms with Gasteiger partial charge in [0.2, 0.25) is 5.91 Å². The number of amides is 4. The lowest BCUT2D eigenvalue weighted by atomic mass is 9.78. The number of nitrogens with one attached hydrogen (secondary N) is 4. The molecule has 5 N–H and O–H groups in total. The lowest BCUT2D eigenvalue weighted by molar-refractivity contribution is -0.221. The van der Waals surface area contributed by atoms with Crippen LogP contribution in [0.3, 0.4) is 0 Å². The second-order valence-electron chi connectivity index (χ2n) is 19.4. The summed E-state index contributed by atoms with van der Waals surface area (Å²) < 4.78 is 160. The highest BCUT2D eigenvalue weighted by molar-refractivity contribution is 5.87. The number of hydrogen-bond donors (Lipinski definition) is 5. The Bertz CT molecular complexity index is 2760. The Morgan fingerprint density at radius 2 is 1.33 bits per heavy atom. The van der Waals surface area contributed by atoms with Gasteiger partial charge in [0, 0.05) is 60.8 Å². The second-order valence-corrected chi connectivity index (χ2v) is 19.4. The number of rotatable bonds is 18. The molecule has 0 unspecified atom stereocenters. The highest BCUT2D eigenvalue weighted by Gasteiger charge is 2.57. The molecule has 4 heterocycles. The van der Waals surface area contributed by atoms with Crippen LogP contribution in [0.25, 0.3) is 11.1 Å². The number of aliphatic hydroxyl groups excluding tert-OH is 1. The fraction of sp³-hybridized carbons (Fsp3) is 0.469. The van der Waals surface area contributed by atoms with Gasteiger partial charge in [-0.1, -0.05) is 24.0 Å². The van der Waals surface area contributed by atoms with E-state index in [0.717, 1.165) is 45.5 Å². The van der Waals surface area contributed by atoms with Crippen molar-refractivity contribution in [3.8, 4) is 23.0 Å². The summed E-state index contributed by atoms with van der Waals surface area (Å²) in [6.45, 7) is -0.0769. The normalized spacial score (nSPS) is 16.1. The SMILES string of the molecule is COC(=O)N[C@H](C(=O)N[C@@H](Cc1ccc(C#Cc2ccc(N3CC4(COC4)C3)nc2)cc1)[C@@H](O)CN(Cc1c(F)cc(-c2cnn(C(F)F)c2)cc1F)NC(=O)[C@@H](NC(=O)OC)C(C)(C)C(F)(F)F)C(C)(C)C(F)(F)F. The van der Waals surface area contributed by atoms with Crippen molar-refractivity contribution in [1.82, 2.24) is 41.1 Å². The van der Waals surface area contributed by atoms with Gasteiger partial charge in [0.15, 0.2) is 0 Å². The van der Waals surface area contributed by atoms with Crippen molar-refractivity contribution in [3.63, 3.8) is 0 Å². The molecule has 76 heavy (non-hydrogen) atoms. The maximum Gasteiger partial charge on any atom is 0.407 e. The molecule has 2 aromatic heterocycles. The lowest BCUT2D eigenvalue weighted by Gasteiger charge is -2.55. The predicted molar refractivity (Wildman–Crippen MR) is 249 cm³/mol. The number of hydrazine groups is 1. The molecule has 2 aliphatic heterocycles. The zero-order valence-electron chi connectivity index (χ0n) is 41.5. The van der Waals surface area contributed by atoms with Crippen LogP contribution in [0.2, 0.25) is 0 Å². The first-order chi connectivity index (χ1) is 35.5. The van der Waals surface area contributed by atoms with Gasteiger partial charge in [0.05, 0.1) is 62.0 Å². The summed E-state index contributed by atoms with van der Waals surface area (Å²) in [5, 5.41) is 21.8. The number of alkyl halides is 8. The molecular formula is C49H53F10N9O8. The van der Waals surface area contributed by atoms with E-state index in [-0.39, 0.29) is 26.8 Å². The van der Waals surface area contributed by atoms with Crippen LogP contribution < -0.4 is 26.3 Å². The molecule has 4 aromatic rings. The number of carbonyl (C=O) groups excluding carboxylic acids is 4. The molecule has 17 nitrogen and oxygen atoms in total. The molecular weight excluding hydrogens is 1030 g/mol. The van der Waals surface area contributed by atoms with Crippen LogP contribution in [0.15, 0.2) is 67.1 Å². The first-order valence-electron chi connectivity index (χ1n) is 23.0. The molecule has 27 heteroatoms. The number of aliphatic hydroxyl groups is 1. The van der Waals surface area contributed by atoms with E-state index in [9.17, 15) is 59.4 Å². The monoisotopic (exact) mass is 1090 g/mol. The van der Waals surface area contributed by atoms with Gasteiger partial charge < -0.3 is 40.2 Å². The number of ether oxygens (including phenoxy) is 3. The number of benzene rings is 2. The van der Waals surface area contributed by atoms with Crippen LogP contribution in [0.4, 0.5) is 59.3 Å². The molecule has 2 aromatic carbocycles. The molecule has 2 fully saturated rings. The van der Waals surface area contributed by atoms with Crippen LogP contribution in [0.1, 0.15) is 56.5 Å². The summed E-state index contributed by atoms with van der Waals surface area (Å²) >= 11 is 0. The molecule has 0 saturated carbocycles.